The zero-order chi connectivity index (χ0) is 16.1. The van der Waals surface area contributed by atoms with Crippen molar-refractivity contribution >= 4 is 5.97 Å². The third kappa shape index (κ3) is 2.02. The number of carbonyl (C=O) groups is 1. The molecule has 0 radical (unpaired) electrons. The molecular weight excluding hydrogens is 276 g/mol. The van der Waals surface area contributed by atoms with Crippen LogP contribution in [0.1, 0.15) is 51.7 Å². The van der Waals surface area contributed by atoms with Gasteiger partial charge in [0.15, 0.2) is 0 Å². The lowest BCUT2D eigenvalue weighted by molar-refractivity contribution is -0.149. The fourth-order valence-electron chi connectivity index (χ4n) is 5.40. The van der Waals surface area contributed by atoms with Crippen LogP contribution in [0, 0.1) is 28.6 Å². The number of aliphatic carboxylic acids is 1. The molecule has 0 amide bonds. The van der Waals surface area contributed by atoms with Crippen molar-refractivity contribution in [2.45, 2.75) is 46.1 Å². The summed E-state index contributed by atoms with van der Waals surface area (Å²) < 4.78 is 0. The molecule has 3 heteroatoms. The molecule has 2 aliphatic carbocycles. The Morgan fingerprint density at radius 3 is 2.50 bits per heavy atom. The minimum atomic E-state index is -0.692. The Morgan fingerprint density at radius 2 is 1.91 bits per heavy atom. The first-order valence-electron chi connectivity index (χ1n) is 8.25. The highest BCUT2D eigenvalue weighted by molar-refractivity contribution is 5.73. The molecule has 3 nitrogen and oxygen atoms in total. The van der Waals surface area contributed by atoms with Gasteiger partial charge in [0.2, 0.25) is 0 Å². The lowest BCUT2D eigenvalue weighted by Gasteiger charge is -2.38. The van der Waals surface area contributed by atoms with Crippen LogP contribution in [0.4, 0.5) is 0 Å². The molecule has 1 aromatic rings. The Morgan fingerprint density at radius 1 is 1.27 bits per heavy atom. The SMILES string of the molecule is CC1(C)[C@H]2CC[C@@]1(C)[C@H](C(=O)O)[C@@H]2C[C@H](O)c1ccccc1. The van der Waals surface area contributed by atoms with Crippen LogP contribution in [-0.4, -0.2) is 16.2 Å². The number of carboxylic acids is 1. The predicted octanol–water partition coefficient (Wildman–Crippen LogP) is 3.88. The van der Waals surface area contributed by atoms with E-state index in [1.54, 1.807) is 0 Å². The number of carboxylic acid groups (broad SMARTS) is 1. The molecule has 0 aliphatic heterocycles. The van der Waals surface area contributed by atoms with Crippen LogP contribution < -0.4 is 0 Å². The van der Waals surface area contributed by atoms with Gasteiger partial charge in [0.05, 0.1) is 12.0 Å². The van der Waals surface area contributed by atoms with Crippen LogP contribution in [-0.2, 0) is 4.79 Å². The van der Waals surface area contributed by atoms with Crippen molar-refractivity contribution in [3.63, 3.8) is 0 Å². The van der Waals surface area contributed by atoms with E-state index in [2.05, 4.69) is 20.8 Å². The van der Waals surface area contributed by atoms with Crippen LogP contribution in [0.25, 0.3) is 0 Å². The van der Waals surface area contributed by atoms with Gasteiger partial charge in [-0.1, -0.05) is 51.1 Å². The summed E-state index contributed by atoms with van der Waals surface area (Å²) >= 11 is 0. The molecule has 5 atom stereocenters. The van der Waals surface area contributed by atoms with Crippen LogP contribution in [0.3, 0.4) is 0 Å². The standard InChI is InChI=1S/C19H26O3/c1-18(2)14-9-10-19(18,3)16(17(21)22)13(14)11-15(20)12-7-5-4-6-8-12/h4-8,13-16,20H,9-11H2,1-3H3,(H,21,22)/t13-,14+,15+,16+,19+/m1/s1. The number of benzene rings is 1. The second-order valence-electron chi connectivity index (χ2n) is 7.93. The summed E-state index contributed by atoms with van der Waals surface area (Å²) in [6.45, 7) is 6.58. The number of aliphatic hydroxyl groups is 1. The normalized spacial score (nSPS) is 37.2. The molecule has 1 aromatic carbocycles. The molecule has 22 heavy (non-hydrogen) atoms. The minimum absolute atomic E-state index is 0.0249. The van der Waals surface area contributed by atoms with E-state index in [4.69, 9.17) is 0 Å². The second-order valence-corrected chi connectivity index (χ2v) is 7.93. The summed E-state index contributed by atoms with van der Waals surface area (Å²) in [7, 11) is 0. The average molecular weight is 302 g/mol. The van der Waals surface area contributed by atoms with Gasteiger partial charge >= 0.3 is 5.97 Å². The van der Waals surface area contributed by atoms with Crippen LogP contribution >= 0.6 is 0 Å². The van der Waals surface area contributed by atoms with Gasteiger partial charge in [0.1, 0.15) is 0 Å². The van der Waals surface area contributed by atoms with Crippen molar-refractivity contribution in [1.29, 1.82) is 0 Å². The first-order valence-corrected chi connectivity index (χ1v) is 8.25. The number of rotatable bonds is 4. The maximum absolute atomic E-state index is 11.9. The Bertz CT molecular complexity index is 565. The molecule has 2 fully saturated rings. The van der Waals surface area contributed by atoms with Gasteiger partial charge in [-0.25, -0.2) is 0 Å². The van der Waals surface area contributed by atoms with Crippen molar-refractivity contribution in [2.75, 3.05) is 0 Å². The van der Waals surface area contributed by atoms with Crippen LogP contribution in [0.2, 0.25) is 0 Å². The number of aliphatic hydroxyl groups excluding tert-OH is 1. The number of fused-ring (bicyclic) bond motifs is 2. The molecule has 2 saturated carbocycles. The Balaban J connectivity index is 1.88. The molecule has 0 saturated heterocycles. The van der Waals surface area contributed by atoms with E-state index in [9.17, 15) is 15.0 Å². The van der Waals surface area contributed by atoms with E-state index in [0.29, 0.717) is 12.3 Å². The summed E-state index contributed by atoms with van der Waals surface area (Å²) in [4.78, 5) is 11.9. The Hall–Kier alpha value is -1.35. The third-order valence-electron chi connectivity index (χ3n) is 6.95. The third-order valence-corrected chi connectivity index (χ3v) is 6.95. The van der Waals surface area contributed by atoms with Crippen LogP contribution in [0.15, 0.2) is 30.3 Å². The van der Waals surface area contributed by atoms with Crippen molar-refractivity contribution in [3.8, 4) is 0 Å². The summed E-state index contributed by atoms with van der Waals surface area (Å²) in [5.41, 5.74) is 0.749. The van der Waals surface area contributed by atoms with Gasteiger partial charge in [0.25, 0.3) is 0 Å². The molecule has 2 aliphatic rings. The van der Waals surface area contributed by atoms with Gasteiger partial charge in [-0.15, -0.1) is 0 Å². The van der Waals surface area contributed by atoms with E-state index in [1.165, 1.54) is 0 Å². The Labute approximate surface area is 132 Å². The van der Waals surface area contributed by atoms with E-state index in [-0.39, 0.29) is 22.7 Å². The minimum Gasteiger partial charge on any atom is -0.481 e. The zero-order valence-corrected chi connectivity index (χ0v) is 13.6. The quantitative estimate of drug-likeness (QED) is 0.887. The van der Waals surface area contributed by atoms with Gasteiger partial charge in [-0.05, 0) is 47.5 Å². The molecule has 120 valence electrons. The highest BCUT2D eigenvalue weighted by Gasteiger charge is 2.68. The predicted molar refractivity (Wildman–Crippen MR) is 85.2 cm³/mol. The zero-order valence-electron chi connectivity index (χ0n) is 13.6. The van der Waals surface area contributed by atoms with Crippen molar-refractivity contribution in [2.24, 2.45) is 28.6 Å². The number of hydrogen-bond donors (Lipinski definition) is 2. The highest BCUT2D eigenvalue weighted by atomic mass is 16.4. The number of hydrogen-bond acceptors (Lipinski definition) is 2. The largest absolute Gasteiger partial charge is 0.481 e. The molecule has 0 heterocycles. The summed E-state index contributed by atoms with van der Waals surface area (Å²) in [6.07, 6.45) is 2.04. The van der Waals surface area contributed by atoms with E-state index in [1.807, 2.05) is 30.3 Å². The molecular formula is C19H26O3. The summed E-state index contributed by atoms with van der Waals surface area (Å²) in [5.74, 6) is -0.596. The topological polar surface area (TPSA) is 57.5 Å². The fraction of sp³-hybridized carbons (Fsp3) is 0.632. The van der Waals surface area contributed by atoms with Gasteiger partial charge in [-0.3, -0.25) is 4.79 Å². The van der Waals surface area contributed by atoms with E-state index in [0.717, 1.165) is 18.4 Å². The first-order chi connectivity index (χ1) is 10.3. The van der Waals surface area contributed by atoms with Gasteiger partial charge in [-0.2, -0.15) is 0 Å². The molecule has 2 bridgehead atoms. The van der Waals surface area contributed by atoms with Gasteiger partial charge in [0, 0.05) is 0 Å². The Kier molecular flexibility index (Phi) is 3.59. The molecule has 0 spiro atoms. The fourth-order valence-corrected chi connectivity index (χ4v) is 5.40. The maximum Gasteiger partial charge on any atom is 0.307 e. The summed E-state index contributed by atoms with van der Waals surface area (Å²) in [6, 6.07) is 9.59. The molecule has 2 N–H and O–H groups in total. The van der Waals surface area contributed by atoms with Gasteiger partial charge < -0.3 is 10.2 Å². The van der Waals surface area contributed by atoms with Crippen molar-refractivity contribution in [1.82, 2.24) is 0 Å². The first kappa shape index (κ1) is 15.5. The molecule has 3 rings (SSSR count). The molecule has 0 aromatic heterocycles. The highest BCUT2D eigenvalue weighted by Crippen LogP contribution is 2.71. The van der Waals surface area contributed by atoms with Crippen LogP contribution in [0.5, 0.6) is 0 Å². The van der Waals surface area contributed by atoms with Crippen molar-refractivity contribution < 1.29 is 15.0 Å². The maximum atomic E-state index is 11.9. The lowest BCUT2D eigenvalue weighted by Crippen LogP contribution is -2.38. The van der Waals surface area contributed by atoms with Crippen molar-refractivity contribution in [3.05, 3.63) is 35.9 Å². The molecule has 0 unspecified atom stereocenters. The van der Waals surface area contributed by atoms with E-state index >= 15 is 0 Å². The smallest absolute Gasteiger partial charge is 0.307 e. The van der Waals surface area contributed by atoms with E-state index < -0.39 is 12.1 Å². The monoisotopic (exact) mass is 302 g/mol. The average Bonchev–Trinajstić information content (AvgIpc) is 2.78. The lowest BCUT2D eigenvalue weighted by atomic mass is 9.65. The second kappa shape index (κ2) is 5.09. The summed E-state index contributed by atoms with van der Waals surface area (Å²) in [5, 5.41) is 20.4.